The van der Waals surface area contributed by atoms with E-state index in [1.807, 2.05) is 6.92 Å². The quantitative estimate of drug-likeness (QED) is 0.828. The normalized spacial score (nSPS) is 13.2. The summed E-state index contributed by atoms with van der Waals surface area (Å²) in [6.45, 7) is 2.64. The highest BCUT2D eigenvalue weighted by Crippen LogP contribution is 2.20. The highest BCUT2D eigenvalue weighted by atomic mass is 19.1. The van der Waals surface area contributed by atoms with Gasteiger partial charge in [0, 0.05) is 30.4 Å². The van der Waals surface area contributed by atoms with E-state index in [0.717, 1.165) is 18.4 Å². The molecule has 1 fully saturated rings. The Morgan fingerprint density at radius 2 is 1.92 bits per heavy atom. The van der Waals surface area contributed by atoms with Gasteiger partial charge in [-0.3, -0.25) is 4.79 Å². The van der Waals surface area contributed by atoms with E-state index in [4.69, 9.17) is 0 Å². The van der Waals surface area contributed by atoms with Crippen LogP contribution in [-0.2, 0) is 6.54 Å². The molecule has 3 amide bonds. The van der Waals surface area contributed by atoms with Crippen LogP contribution in [0.1, 0.15) is 35.7 Å². The van der Waals surface area contributed by atoms with E-state index in [1.54, 1.807) is 41.3 Å². The number of urea groups is 1. The third-order valence-corrected chi connectivity index (χ3v) is 4.22. The summed E-state index contributed by atoms with van der Waals surface area (Å²) in [5, 5.41) is 5.73. The van der Waals surface area contributed by atoms with Crippen LogP contribution in [0, 0.1) is 5.82 Å². The molecule has 0 radical (unpaired) electrons. The minimum absolute atomic E-state index is 0.129. The number of hydrogen-bond donors (Lipinski definition) is 2. The maximum absolute atomic E-state index is 13.3. The van der Waals surface area contributed by atoms with Crippen molar-refractivity contribution >= 4 is 17.6 Å². The molecular formula is C20H22FN3O2. The zero-order valence-corrected chi connectivity index (χ0v) is 14.7. The Labute approximate surface area is 152 Å². The molecule has 0 heterocycles. The molecule has 0 bridgehead atoms. The molecule has 3 rings (SSSR count). The van der Waals surface area contributed by atoms with Crippen molar-refractivity contribution < 1.29 is 14.0 Å². The van der Waals surface area contributed by atoms with Crippen LogP contribution in [0.2, 0.25) is 0 Å². The van der Waals surface area contributed by atoms with Gasteiger partial charge >= 0.3 is 6.03 Å². The van der Waals surface area contributed by atoms with E-state index < -0.39 is 0 Å². The van der Waals surface area contributed by atoms with Crippen molar-refractivity contribution in [2.45, 2.75) is 32.4 Å². The minimum Gasteiger partial charge on any atom is -0.349 e. The number of benzene rings is 2. The fraction of sp³-hybridized carbons (Fsp3) is 0.300. The van der Waals surface area contributed by atoms with E-state index in [9.17, 15) is 14.0 Å². The number of halogens is 1. The van der Waals surface area contributed by atoms with Crippen molar-refractivity contribution in [1.29, 1.82) is 0 Å². The van der Waals surface area contributed by atoms with Crippen LogP contribution in [0.3, 0.4) is 0 Å². The van der Waals surface area contributed by atoms with Crippen molar-refractivity contribution in [2.75, 3.05) is 11.9 Å². The van der Waals surface area contributed by atoms with Gasteiger partial charge in [-0.1, -0.05) is 18.2 Å². The van der Waals surface area contributed by atoms with Gasteiger partial charge < -0.3 is 15.5 Å². The molecule has 6 heteroatoms. The molecule has 0 aromatic heterocycles. The van der Waals surface area contributed by atoms with Crippen LogP contribution < -0.4 is 10.6 Å². The molecule has 0 aliphatic heterocycles. The lowest BCUT2D eigenvalue weighted by atomic mass is 10.2. The highest BCUT2D eigenvalue weighted by molar-refractivity contribution is 5.97. The van der Waals surface area contributed by atoms with E-state index in [1.165, 1.54) is 12.1 Å². The zero-order valence-electron chi connectivity index (χ0n) is 14.7. The van der Waals surface area contributed by atoms with Crippen molar-refractivity contribution in [3.8, 4) is 0 Å². The van der Waals surface area contributed by atoms with E-state index in [2.05, 4.69) is 10.6 Å². The lowest BCUT2D eigenvalue weighted by molar-refractivity contribution is 0.0951. The number of nitrogens with zero attached hydrogens (tertiary/aromatic N) is 1. The highest BCUT2D eigenvalue weighted by Gasteiger charge is 2.24. The largest absolute Gasteiger partial charge is 0.349 e. The first-order chi connectivity index (χ1) is 12.5. The summed E-state index contributed by atoms with van der Waals surface area (Å²) >= 11 is 0. The van der Waals surface area contributed by atoms with Crippen LogP contribution in [-0.4, -0.2) is 29.4 Å². The molecule has 1 aliphatic rings. The van der Waals surface area contributed by atoms with Crippen LogP contribution in [0.5, 0.6) is 0 Å². The predicted molar refractivity (Wildman–Crippen MR) is 98.4 cm³/mol. The second kappa shape index (κ2) is 7.99. The third-order valence-electron chi connectivity index (χ3n) is 4.22. The van der Waals surface area contributed by atoms with Gasteiger partial charge in [0.25, 0.3) is 5.91 Å². The molecule has 0 saturated heterocycles. The Hall–Kier alpha value is -2.89. The first-order valence-corrected chi connectivity index (χ1v) is 8.76. The summed E-state index contributed by atoms with van der Waals surface area (Å²) in [4.78, 5) is 26.2. The summed E-state index contributed by atoms with van der Waals surface area (Å²) in [5.41, 5.74) is 1.79. The maximum Gasteiger partial charge on any atom is 0.322 e. The minimum atomic E-state index is -0.326. The average Bonchev–Trinajstić information content (AvgIpc) is 3.44. The summed E-state index contributed by atoms with van der Waals surface area (Å²) in [6, 6.07) is 13.0. The summed E-state index contributed by atoms with van der Waals surface area (Å²) in [5.74, 6) is -0.455. The van der Waals surface area contributed by atoms with E-state index in [0.29, 0.717) is 24.3 Å². The van der Waals surface area contributed by atoms with Crippen molar-refractivity contribution in [3.05, 3.63) is 65.5 Å². The molecule has 26 heavy (non-hydrogen) atoms. The van der Waals surface area contributed by atoms with Gasteiger partial charge in [0.05, 0.1) is 0 Å². The molecule has 2 aromatic rings. The monoisotopic (exact) mass is 355 g/mol. The van der Waals surface area contributed by atoms with Crippen LogP contribution >= 0.6 is 0 Å². The number of carbonyl (C=O) groups is 2. The van der Waals surface area contributed by atoms with Gasteiger partial charge in [-0.05, 0) is 55.7 Å². The Balaban J connectivity index is 1.64. The number of rotatable bonds is 6. The van der Waals surface area contributed by atoms with Gasteiger partial charge in [0.1, 0.15) is 5.82 Å². The second-order valence-corrected chi connectivity index (χ2v) is 6.40. The fourth-order valence-corrected chi connectivity index (χ4v) is 2.62. The van der Waals surface area contributed by atoms with Crippen molar-refractivity contribution in [2.24, 2.45) is 0 Å². The lowest BCUT2D eigenvalue weighted by Gasteiger charge is -2.21. The number of nitrogens with one attached hydrogen (secondary N) is 2. The molecule has 0 spiro atoms. The smallest absolute Gasteiger partial charge is 0.322 e. The molecule has 0 unspecified atom stereocenters. The maximum atomic E-state index is 13.3. The number of amides is 3. The Morgan fingerprint density at radius 1 is 1.15 bits per heavy atom. The summed E-state index contributed by atoms with van der Waals surface area (Å²) in [7, 11) is 0. The number of hydrogen-bond acceptors (Lipinski definition) is 2. The topological polar surface area (TPSA) is 61.4 Å². The van der Waals surface area contributed by atoms with Crippen LogP contribution in [0.15, 0.2) is 48.5 Å². The molecule has 2 aromatic carbocycles. The van der Waals surface area contributed by atoms with Gasteiger partial charge in [0.2, 0.25) is 0 Å². The van der Waals surface area contributed by atoms with Crippen LogP contribution in [0.25, 0.3) is 0 Å². The standard InChI is InChI=1S/C20H22FN3O2/c1-2-24(13-14-5-3-7-16(21)11-14)20(26)23-18-8-4-6-15(12-18)19(25)22-17-9-10-17/h3-8,11-12,17H,2,9-10,13H2,1H3,(H,22,25)(H,23,26). The van der Waals surface area contributed by atoms with E-state index >= 15 is 0 Å². The molecule has 2 N–H and O–H groups in total. The lowest BCUT2D eigenvalue weighted by Crippen LogP contribution is -2.34. The second-order valence-electron chi connectivity index (χ2n) is 6.40. The van der Waals surface area contributed by atoms with Gasteiger partial charge in [-0.2, -0.15) is 0 Å². The molecule has 1 aliphatic carbocycles. The first kappa shape index (κ1) is 17.9. The zero-order chi connectivity index (χ0) is 18.5. The van der Waals surface area contributed by atoms with Gasteiger partial charge in [-0.15, -0.1) is 0 Å². The Bertz CT molecular complexity index is 805. The first-order valence-electron chi connectivity index (χ1n) is 8.76. The number of carbonyl (C=O) groups excluding carboxylic acids is 2. The third kappa shape index (κ3) is 4.81. The SMILES string of the molecule is CCN(Cc1cccc(F)c1)C(=O)Nc1cccc(C(=O)NC2CC2)c1. The molecule has 1 saturated carbocycles. The van der Waals surface area contributed by atoms with Gasteiger partial charge in [0.15, 0.2) is 0 Å². The molecule has 136 valence electrons. The number of anilines is 1. The van der Waals surface area contributed by atoms with E-state index in [-0.39, 0.29) is 23.8 Å². The fourth-order valence-electron chi connectivity index (χ4n) is 2.62. The van der Waals surface area contributed by atoms with Crippen molar-refractivity contribution in [1.82, 2.24) is 10.2 Å². The predicted octanol–water partition coefficient (Wildman–Crippen LogP) is 3.77. The molecule has 0 atom stereocenters. The van der Waals surface area contributed by atoms with Gasteiger partial charge in [-0.25, -0.2) is 9.18 Å². The molecular weight excluding hydrogens is 333 g/mol. The Morgan fingerprint density at radius 3 is 2.62 bits per heavy atom. The Kier molecular flexibility index (Phi) is 5.51. The van der Waals surface area contributed by atoms with Crippen molar-refractivity contribution in [3.63, 3.8) is 0 Å². The molecule has 5 nitrogen and oxygen atoms in total. The average molecular weight is 355 g/mol. The summed E-state index contributed by atoms with van der Waals surface area (Å²) < 4.78 is 13.3. The summed E-state index contributed by atoms with van der Waals surface area (Å²) in [6.07, 6.45) is 2.04. The van der Waals surface area contributed by atoms with Crippen LogP contribution in [0.4, 0.5) is 14.9 Å².